The number of benzene rings is 1. The Labute approximate surface area is 128 Å². The normalized spacial score (nSPS) is 17.3. The lowest BCUT2D eigenvalue weighted by atomic mass is 9.96. The van der Waals surface area contributed by atoms with Gasteiger partial charge in [0.05, 0.1) is 6.54 Å². The Morgan fingerprint density at radius 1 is 1.24 bits per heavy atom. The number of carbonyl (C=O) groups is 1. The van der Waals surface area contributed by atoms with E-state index in [-0.39, 0.29) is 5.78 Å². The van der Waals surface area contributed by atoms with Gasteiger partial charge in [-0.15, -0.1) is 0 Å². The molecule has 1 heterocycles. The number of rotatable bonds is 6. The number of carbonyl (C=O) groups excluding carboxylic acids is 1. The van der Waals surface area contributed by atoms with Gasteiger partial charge >= 0.3 is 0 Å². The topological polar surface area (TPSA) is 23.6 Å². The third kappa shape index (κ3) is 4.94. The van der Waals surface area contributed by atoms with E-state index in [1.807, 2.05) is 12.1 Å². The van der Waals surface area contributed by atoms with Crippen molar-refractivity contribution in [2.24, 2.45) is 5.92 Å². The maximum atomic E-state index is 12.3. The Kier molecular flexibility index (Phi) is 5.95. The van der Waals surface area contributed by atoms with Crippen LogP contribution in [0.25, 0.3) is 0 Å². The number of ketones is 1. The van der Waals surface area contributed by atoms with Crippen LogP contribution in [0.1, 0.15) is 35.7 Å². The van der Waals surface area contributed by atoms with Crippen molar-refractivity contribution in [1.82, 2.24) is 9.80 Å². The monoisotopic (exact) mass is 288 g/mol. The third-order valence-corrected chi connectivity index (χ3v) is 4.51. The third-order valence-electron chi connectivity index (χ3n) is 4.51. The summed E-state index contributed by atoms with van der Waals surface area (Å²) in [6.07, 6.45) is 3.52. The molecule has 3 heteroatoms. The minimum Gasteiger partial charge on any atom is -0.306 e. The summed E-state index contributed by atoms with van der Waals surface area (Å²) >= 11 is 0. The number of hydrogen-bond acceptors (Lipinski definition) is 3. The fourth-order valence-electron chi connectivity index (χ4n) is 3.01. The second-order valence-corrected chi connectivity index (χ2v) is 6.42. The Balaban J connectivity index is 1.81. The Morgan fingerprint density at radius 3 is 2.43 bits per heavy atom. The molecule has 116 valence electrons. The maximum Gasteiger partial charge on any atom is 0.176 e. The molecule has 0 atom stereocenters. The second kappa shape index (κ2) is 7.71. The van der Waals surface area contributed by atoms with Crippen molar-refractivity contribution < 1.29 is 4.79 Å². The quantitative estimate of drug-likeness (QED) is 0.752. The number of nitrogens with zero attached hydrogens (tertiary/aromatic N) is 2. The number of likely N-dealkylation sites (tertiary alicyclic amines) is 1. The van der Waals surface area contributed by atoms with E-state index in [1.165, 1.54) is 31.5 Å². The molecule has 0 radical (unpaired) electrons. The van der Waals surface area contributed by atoms with Crippen LogP contribution in [0.3, 0.4) is 0 Å². The predicted molar refractivity (Wildman–Crippen MR) is 87.9 cm³/mol. The van der Waals surface area contributed by atoms with Crippen LogP contribution in [0.2, 0.25) is 0 Å². The molecule has 0 bridgehead atoms. The summed E-state index contributed by atoms with van der Waals surface area (Å²) in [5, 5.41) is 0. The van der Waals surface area contributed by atoms with E-state index in [2.05, 4.69) is 43.0 Å². The lowest BCUT2D eigenvalue weighted by Gasteiger charge is -2.31. The minimum absolute atomic E-state index is 0.230. The Hall–Kier alpha value is -1.19. The van der Waals surface area contributed by atoms with Gasteiger partial charge in [0.15, 0.2) is 5.78 Å². The summed E-state index contributed by atoms with van der Waals surface area (Å²) in [6, 6.07) is 8.05. The van der Waals surface area contributed by atoms with Crippen LogP contribution in [0, 0.1) is 5.92 Å². The van der Waals surface area contributed by atoms with Crippen LogP contribution in [0.15, 0.2) is 24.3 Å². The molecule has 3 nitrogen and oxygen atoms in total. The molecule has 1 aromatic carbocycles. The first-order valence-electron chi connectivity index (χ1n) is 8.07. The SMILES string of the molecule is CCc1ccc(C(=O)CN(C)CC2CCN(C)CC2)cc1. The zero-order valence-corrected chi connectivity index (χ0v) is 13.6. The standard InChI is InChI=1S/C18H28N2O/c1-4-15-5-7-17(8-6-15)18(21)14-20(3)13-16-9-11-19(2)12-10-16/h5-8,16H,4,9-14H2,1-3H3. The predicted octanol–water partition coefficient (Wildman–Crippen LogP) is 2.71. The molecule has 0 amide bonds. The van der Waals surface area contributed by atoms with Crippen molar-refractivity contribution in [2.45, 2.75) is 26.2 Å². The van der Waals surface area contributed by atoms with Crippen molar-refractivity contribution in [3.05, 3.63) is 35.4 Å². The lowest BCUT2D eigenvalue weighted by Crippen LogP contribution is -2.37. The summed E-state index contributed by atoms with van der Waals surface area (Å²) in [5.41, 5.74) is 2.12. The molecule has 0 aromatic heterocycles. The van der Waals surface area contributed by atoms with Crippen molar-refractivity contribution >= 4 is 5.78 Å². The van der Waals surface area contributed by atoms with Gasteiger partial charge in [-0.3, -0.25) is 9.69 Å². The van der Waals surface area contributed by atoms with Gasteiger partial charge in [-0.05, 0) is 57.9 Å². The summed E-state index contributed by atoms with van der Waals surface area (Å²) in [4.78, 5) is 16.9. The van der Waals surface area contributed by atoms with Crippen molar-refractivity contribution in [2.75, 3.05) is 40.3 Å². The average Bonchev–Trinajstić information content (AvgIpc) is 2.49. The van der Waals surface area contributed by atoms with Crippen LogP contribution < -0.4 is 0 Å². The van der Waals surface area contributed by atoms with Crippen LogP contribution in [-0.2, 0) is 6.42 Å². The van der Waals surface area contributed by atoms with Gasteiger partial charge in [-0.1, -0.05) is 31.2 Å². The minimum atomic E-state index is 0.230. The van der Waals surface area contributed by atoms with Gasteiger partial charge in [0, 0.05) is 12.1 Å². The first kappa shape index (κ1) is 16.2. The zero-order chi connectivity index (χ0) is 15.2. The first-order chi connectivity index (χ1) is 10.1. The Bertz CT molecular complexity index is 447. The molecule has 2 rings (SSSR count). The molecule has 0 saturated carbocycles. The van der Waals surface area contributed by atoms with Gasteiger partial charge in [0.25, 0.3) is 0 Å². The molecular weight excluding hydrogens is 260 g/mol. The van der Waals surface area contributed by atoms with E-state index in [0.717, 1.165) is 24.4 Å². The van der Waals surface area contributed by atoms with E-state index < -0.39 is 0 Å². The number of piperidine rings is 1. The highest BCUT2D eigenvalue weighted by Crippen LogP contribution is 2.17. The number of Topliss-reactive ketones (excluding diaryl/α,β-unsaturated/α-hetero) is 1. The van der Waals surface area contributed by atoms with E-state index in [9.17, 15) is 4.79 Å². The highest BCUT2D eigenvalue weighted by molar-refractivity contribution is 5.97. The van der Waals surface area contributed by atoms with Crippen LogP contribution in [-0.4, -0.2) is 55.9 Å². The molecule has 1 aliphatic rings. The molecule has 1 saturated heterocycles. The molecule has 21 heavy (non-hydrogen) atoms. The molecule has 0 aliphatic carbocycles. The van der Waals surface area contributed by atoms with Gasteiger partial charge in [-0.25, -0.2) is 0 Å². The molecule has 1 aliphatic heterocycles. The largest absolute Gasteiger partial charge is 0.306 e. The summed E-state index contributed by atoms with van der Waals surface area (Å²) in [7, 11) is 4.25. The molecule has 1 fully saturated rings. The fraction of sp³-hybridized carbons (Fsp3) is 0.611. The molecular formula is C18H28N2O. The highest BCUT2D eigenvalue weighted by atomic mass is 16.1. The van der Waals surface area contributed by atoms with E-state index in [0.29, 0.717) is 6.54 Å². The van der Waals surface area contributed by atoms with Crippen molar-refractivity contribution in [3.8, 4) is 0 Å². The second-order valence-electron chi connectivity index (χ2n) is 6.42. The van der Waals surface area contributed by atoms with Crippen molar-refractivity contribution in [1.29, 1.82) is 0 Å². The van der Waals surface area contributed by atoms with Crippen LogP contribution >= 0.6 is 0 Å². The zero-order valence-electron chi connectivity index (χ0n) is 13.6. The van der Waals surface area contributed by atoms with Crippen molar-refractivity contribution in [3.63, 3.8) is 0 Å². The van der Waals surface area contributed by atoms with Gasteiger partial charge in [-0.2, -0.15) is 0 Å². The average molecular weight is 288 g/mol. The van der Waals surface area contributed by atoms with Gasteiger partial charge in [0.2, 0.25) is 0 Å². The highest BCUT2D eigenvalue weighted by Gasteiger charge is 2.19. The molecule has 0 N–H and O–H groups in total. The first-order valence-corrected chi connectivity index (χ1v) is 8.07. The van der Waals surface area contributed by atoms with Gasteiger partial charge < -0.3 is 4.90 Å². The number of aryl methyl sites for hydroxylation is 1. The van der Waals surface area contributed by atoms with E-state index in [4.69, 9.17) is 0 Å². The number of hydrogen-bond donors (Lipinski definition) is 0. The summed E-state index contributed by atoms with van der Waals surface area (Å²) in [6.45, 7) is 6.06. The smallest absolute Gasteiger partial charge is 0.176 e. The fourth-order valence-corrected chi connectivity index (χ4v) is 3.01. The lowest BCUT2D eigenvalue weighted by molar-refractivity contribution is 0.0925. The van der Waals surface area contributed by atoms with Crippen LogP contribution in [0.4, 0.5) is 0 Å². The number of likely N-dealkylation sites (N-methyl/N-ethyl adjacent to an activating group) is 1. The Morgan fingerprint density at radius 2 is 1.86 bits per heavy atom. The summed E-state index contributed by atoms with van der Waals surface area (Å²) < 4.78 is 0. The molecule has 1 aromatic rings. The van der Waals surface area contributed by atoms with E-state index >= 15 is 0 Å². The molecule has 0 unspecified atom stereocenters. The van der Waals surface area contributed by atoms with E-state index in [1.54, 1.807) is 0 Å². The van der Waals surface area contributed by atoms with Crippen LogP contribution in [0.5, 0.6) is 0 Å². The van der Waals surface area contributed by atoms with Gasteiger partial charge in [0.1, 0.15) is 0 Å². The maximum absolute atomic E-state index is 12.3. The summed E-state index contributed by atoms with van der Waals surface area (Å²) in [5.74, 6) is 0.967. The molecule has 0 spiro atoms.